The van der Waals surface area contributed by atoms with Crippen molar-refractivity contribution >= 4 is 27.9 Å². The lowest BCUT2D eigenvalue weighted by atomic mass is 10.1. The number of thiazole rings is 1. The monoisotopic (exact) mass is 246 g/mol. The van der Waals surface area contributed by atoms with Gasteiger partial charge < -0.3 is 5.32 Å². The Kier molecular flexibility index (Phi) is 3.24. The van der Waals surface area contributed by atoms with Crippen molar-refractivity contribution in [1.29, 1.82) is 0 Å². The Morgan fingerprint density at radius 1 is 1.35 bits per heavy atom. The van der Waals surface area contributed by atoms with E-state index in [4.69, 9.17) is 0 Å². The van der Waals surface area contributed by atoms with E-state index in [1.54, 1.807) is 5.38 Å². The van der Waals surface area contributed by atoms with Gasteiger partial charge in [-0.3, -0.25) is 4.79 Å². The van der Waals surface area contributed by atoms with Crippen LogP contribution in [-0.2, 0) is 0 Å². The van der Waals surface area contributed by atoms with Gasteiger partial charge in [-0.1, -0.05) is 17.7 Å². The van der Waals surface area contributed by atoms with Crippen LogP contribution in [0.3, 0.4) is 0 Å². The summed E-state index contributed by atoms with van der Waals surface area (Å²) in [6, 6.07) is 6.19. The number of hydrogen-bond donors (Lipinski definition) is 1. The zero-order valence-electron chi connectivity index (χ0n) is 10.1. The highest BCUT2D eigenvalue weighted by Crippen LogP contribution is 2.24. The first-order chi connectivity index (χ1) is 8.06. The Bertz CT molecular complexity index is 560. The molecule has 0 amide bonds. The Balaban J connectivity index is 2.22. The standard InChI is InChI=1S/C13H14N2OS/c1-8-4-5-11(9(2)6-8)14-13-15-12(7-17-13)10(3)16/h4-7H,1-3H3,(H,14,15). The molecule has 1 heterocycles. The lowest BCUT2D eigenvalue weighted by Crippen LogP contribution is -1.95. The first-order valence-corrected chi connectivity index (χ1v) is 6.25. The molecule has 17 heavy (non-hydrogen) atoms. The molecule has 88 valence electrons. The molecule has 0 aliphatic heterocycles. The third-order valence-electron chi connectivity index (χ3n) is 2.49. The van der Waals surface area contributed by atoms with Crippen molar-refractivity contribution in [3.63, 3.8) is 0 Å². The molecule has 0 bridgehead atoms. The third-order valence-corrected chi connectivity index (χ3v) is 3.25. The van der Waals surface area contributed by atoms with E-state index in [1.807, 2.05) is 6.07 Å². The Morgan fingerprint density at radius 3 is 2.71 bits per heavy atom. The van der Waals surface area contributed by atoms with Crippen LogP contribution in [0.25, 0.3) is 0 Å². The fourth-order valence-corrected chi connectivity index (χ4v) is 2.32. The molecular weight excluding hydrogens is 232 g/mol. The number of ketones is 1. The van der Waals surface area contributed by atoms with Gasteiger partial charge in [0.05, 0.1) is 0 Å². The quantitative estimate of drug-likeness (QED) is 0.839. The van der Waals surface area contributed by atoms with E-state index in [-0.39, 0.29) is 5.78 Å². The maximum Gasteiger partial charge on any atom is 0.187 e. The molecule has 2 aromatic rings. The number of benzene rings is 1. The van der Waals surface area contributed by atoms with E-state index < -0.39 is 0 Å². The van der Waals surface area contributed by atoms with E-state index in [2.05, 4.69) is 36.3 Å². The predicted octanol–water partition coefficient (Wildman–Crippen LogP) is 3.71. The lowest BCUT2D eigenvalue weighted by molar-refractivity contribution is 0.101. The third kappa shape index (κ3) is 2.71. The number of carbonyl (C=O) groups excluding carboxylic acids is 1. The summed E-state index contributed by atoms with van der Waals surface area (Å²) in [6.45, 7) is 5.64. The van der Waals surface area contributed by atoms with Gasteiger partial charge in [-0.2, -0.15) is 0 Å². The van der Waals surface area contributed by atoms with Crippen LogP contribution in [0.15, 0.2) is 23.6 Å². The predicted molar refractivity (Wildman–Crippen MR) is 71.3 cm³/mol. The van der Waals surface area contributed by atoms with Crippen LogP contribution in [0.2, 0.25) is 0 Å². The van der Waals surface area contributed by atoms with Crippen LogP contribution >= 0.6 is 11.3 Å². The van der Waals surface area contributed by atoms with Crippen molar-refractivity contribution < 1.29 is 4.79 Å². The van der Waals surface area contributed by atoms with Crippen molar-refractivity contribution in [2.45, 2.75) is 20.8 Å². The molecule has 4 heteroatoms. The molecule has 0 radical (unpaired) electrons. The average Bonchev–Trinajstić information content (AvgIpc) is 2.71. The highest BCUT2D eigenvalue weighted by atomic mass is 32.1. The molecule has 0 saturated carbocycles. The number of hydrogen-bond acceptors (Lipinski definition) is 4. The largest absolute Gasteiger partial charge is 0.331 e. The van der Waals surface area contributed by atoms with E-state index >= 15 is 0 Å². The Labute approximate surface area is 105 Å². The summed E-state index contributed by atoms with van der Waals surface area (Å²) in [5.74, 6) is -0.00470. The number of anilines is 2. The first-order valence-electron chi connectivity index (χ1n) is 5.37. The number of Topliss-reactive ketones (excluding diaryl/α,β-unsaturated/α-hetero) is 1. The second kappa shape index (κ2) is 4.67. The summed E-state index contributed by atoms with van der Waals surface area (Å²) < 4.78 is 0. The van der Waals surface area contributed by atoms with Crippen LogP contribution in [-0.4, -0.2) is 10.8 Å². The molecule has 1 aromatic carbocycles. The number of nitrogens with one attached hydrogen (secondary N) is 1. The van der Waals surface area contributed by atoms with Gasteiger partial charge in [0.15, 0.2) is 10.9 Å². The minimum atomic E-state index is -0.00470. The minimum absolute atomic E-state index is 0.00470. The molecule has 0 saturated heterocycles. The molecule has 3 nitrogen and oxygen atoms in total. The smallest absolute Gasteiger partial charge is 0.187 e. The zero-order chi connectivity index (χ0) is 12.4. The fraction of sp³-hybridized carbons (Fsp3) is 0.231. The number of aromatic nitrogens is 1. The first kappa shape index (κ1) is 11.8. The Hall–Kier alpha value is -1.68. The van der Waals surface area contributed by atoms with Crippen LogP contribution in [0.5, 0.6) is 0 Å². The molecule has 1 N–H and O–H groups in total. The van der Waals surface area contributed by atoms with Gasteiger partial charge in [0, 0.05) is 18.0 Å². The number of aryl methyl sites for hydroxylation is 2. The summed E-state index contributed by atoms with van der Waals surface area (Å²) in [4.78, 5) is 15.4. The molecular formula is C13H14N2OS. The van der Waals surface area contributed by atoms with Crippen LogP contribution in [0, 0.1) is 13.8 Å². The number of nitrogens with zero attached hydrogens (tertiary/aromatic N) is 1. The van der Waals surface area contributed by atoms with Gasteiger partial charge in [-0.15, -0.1) is 11.3 Å². The van der Waals surface area contributed by atoms with Crippen molar-refractivity contribution in [2.75, 3.05) is 5.32 Å². The topological polar surface area (TPSA) is 42.0 Å². The van der Waals surface area contributed by atoms with Crippen molar-refractivity contribution in [3.05, 3.63) is 40.4 Å². The summed E-state index contributed by atoms with van der Waals surface area (Å²) in [5, 5.41) is 5.75. The van der Waals surface area contributed by atoms with Gasteiger partial charge >= 0.3 is 0 Å². The summed E-state index contributed by atoms with van der Waals surface area (Å²) >= 11 is 1.44. The van der Waals surface area contributed by atoms with Gasteiger partial charge in [0.1, 0.15) is 5.69 Å². The summed E-state index contributed by atoms with van der Waals surface area (Å²) in [5.41, 5.74) is 3.95. The summed E-state index contributed by atoms with van der Waals surface area (Å²) in [7, 11) is 0. The average molecular weight is 246 g/mol. The molecule has 0 atom stereocenters. The van der Waals surface area contributed by atoms with E-state index in [9.17, 15) is 4.79 Å². The van der Waals surface area contributed by atoms with Crippen LogP contribution in [0.4, 0.5) is 10.8 Å². The highest BCUT2D eigenvalue weighted by Gasteiger charge is 2.07. The maximum atomic E-state index is 11.1. The molecule has 0 fully saturated rings. The summed E-state index contributed by atoms with van der Waals surface area (Å²) in [6.07, 6.45) is 0. The second-order valence-corrected chi connectivity index (χ2v) is 4.90. The van der Waals surface area contributed by atoms with E-state index in [0.717, 1.165) is 10.8 Å². The molecule has 0 aliphatic rings. The zero-order valence-corrected chi connectivity index (χ0v) is 10.9. The highest BCUT2D eigenvalue weighted by molar-refractivity contribution is 7.14. The van der Waals surface area contributed by atoms with Crippen molar-refractivity contribution in [3.8, 4) is 0 Å². The number of carbonyl (C=O) groups is 1. The SMILES string of the molecule is CC(=O)c1csc(Nc2ccc(C)cc2C)n1. The minimum Gasteiger partial charge on any atom is -0.331 e. The normalized spacial score (nSPS) is 10.3. The van der Waals surface area contributed by atoms with Gasteiger partial charge in [-0.25, -0.2) is 4.98 Å². The molecule has 2 rings (SSSR count). The van der Waals surface area contributed by atoms with E-state index in [0.29, 0.717) is 5.69 Å². The molecule has 0 spiro atoms. The van der Waals surface area contributed by atoms with Crippen molar-refractivity contribution in [2.24, 2.45) is 0 Å². The van der Waals surface area contributed by atoms with Crippen LogP contribution in [0.1, 0.15) is 28.5 Å². The fourth-order valence-electron chi connectivity index (χ4n) is 1.56. The molecule has 1 aromatic heterocycles. The molecule has 0 unspecified atom stereocenters. The lowest BCUT2D eigenvalue weighted by Gasteiger charge is -2.07. The maximum absolute atomic E-state index is 11.1. The van der Waals surface area contributed by atoms with Crippen LogP contribution < -0.4 is 5.32 Å². The van der Waals surface area contributed by atoms with Gasteiger partial charge in [-0.05, 0) is 25.5 Å². The van der Waals surface area contributed by atoms with Gasteiger partial charge in [0.2, 0.25) is 0 Å². The van der Waals surface area contributed by atoms with Gasteiger partial charge in [0.25, 0.3) is 0 Å². The Morgan fingerprint density at radius 2 is 2.12 bits per heavy atom. The second-order valence-electron chi connectivity index (χ2n) is 4.04. The van der Waals surface area contributed by atoms with E-state index in [1.165, 1.54) is 29.4 Å². The van der Waals surface area contributed by atoms with Crippen molar-refractivity contribution in [1.82, 2.24) is 4.98 Å². The molecule has 0 aliphatic carbocycles. The number of rotatable bonds is 3.